The number of nitrogens with zero attached hydrogens (tertiary/aromatic N) is 1. The van der Waals surface area contributed by atoms with Gasteiger partial charge in [0.25, 0.3) is 0 Å². The topological polar surface area (TPSA) is 34.1 Å². The van der Waals surface area contributed by atoms with Crippen LogP contribution in [0, 0.1) is 11.8 Å². The van der Waals surface area contributed by atoms with Gasteiger partial charge in [-0.1, -0.05) is 13.8 Å². The van der Waals surface area contributed by atoms with Gasteiger partial charge in [-0.2, -0.15) is 0 Å². The Morgan fingerprint density at radius 1 is 1.31 bits per heavy atom. The van der Waals surface area contributed by atoms with Crippen LogP contribution in [0.1, 0.15) is 26.7 Å². The minimum absolute atomic E-state index is 0.566. The van der Waals surface area contributed by atoms with E-state index < -0.39 is 0 Å². The number of ether oxygens (including phenoxy) is 1. The van der Waals surface area contributed by atoms with E-state index in [-0.39, 0.29) is 0 Å². The first kappa shape index (κ1) is 11.2. The Morgan fingerprint density at radius 3 is 2.62 bits per heavy atom. The van der Waals surface area contributed by atoms with Crippen LogP contribution in [0.4, 0.5) is 5.82 Å². The number of methoxy groups -OCH3 is 1. The van der Waals surface area contributed by atoms with E-state index in [1.165, 1.54) is 12.8 Å². The molecule has 1 aliphatic carbocycles. The fourth-order valence-corrected chi connectivity index (χ4v) is 2.34. The summed E-state index contributed by atoms with van der Waals surface area (Å²) < 4.78 is 5.09. The van der Waals surface area contributed by atoms with Crippen molar-refractivity contribution in [2.45, 2.75) is 32.7 Å². The molecule has 0 aliphatic heterocycles. The molecule has 0 amide bonds. The highest BCUT2D eigenvalue weighted by atomic mass is 16.5. The molecule has 1 heterocycles. The predicted octanol–water partition coefficient (Wildman–Crippen LogP) is 2.94. The SMILES string of the molecule is COc1ccc(NC2CCC(C)C2C)nc1. The van der Waals surface area contributed by atoms with Crippen molar-refractivity contribution >= 4 is 5.82 Å². The van der Waals surface area contributed by atoms with Gasteiger partial charge in [0.1, 0.15) is 11.6 Å². The average molecular weight is 220 g/mol. The van der Waals surface area contributed by atoms with Gasteiger partial charge in [0, 0.05) is 6.04 Å². The van der Waals surface area contributed by atoms with Crippen molar-refractivity contribution in [1.29, 1.82) is 0 Å². The van der Waals surface area contributed by atoms with E-state index in [9.17, 15) is 0 Å². The van der Waals surface area contributed by atoms with Crippen LogP contribution in [0.3, 0.4) is 0 Å². The van der Waals surface area contributed by atoms with Gasteiger partial charge in [-0.3, -0.25) is 0 Å². The largest absolute Gasteiger partial charge is 0.495 e. The molecular formula is C13H20N2O. The monoisotopic (exact) mass is 220 g/mol. The lowest BCUT2D eigenvalue weighted by atomic mass is 9.98. The zero-order chi connectivity index (χ0) is 11.5. The molecule has 88 valence electrons. The molecule has 1 aromatic heterocycles. The van der Waals surface area contributed by atoms with E-state index in [1.807, 2.05) is 12.1 Å². The summed E-state index contributed by atoms with van der Waals surface area (Å²) in [7, 11) is 1.66. The van der Waals surface area contributed by atoms with E-state index in [4.69, 9.17) is 4.74 Å². The summed E-state index contributed by atoms with van der Waals surface area (Å²) in [6.45, 7) is 4.65. The van der Waals surface area contributed by atoms with Crippen LogP contribution in [-0.2, 0) is 0 Å². The summed E-state index contributed by atoms with van der Waals surface area (Å²) in [6, 6.07) is 4.49. The molecule has 0 saturated heterocycles. The molecule has 3 nitrogen and oxygen atoms in total. The first-order valence-electron chi connectivity index (χ1n) is 5.97. The molecule has 0 aromatic carbocycles. The maximum Gasteiger partial charge on any atom is 0.137 e. The number of anilines is 1. The first-order chi connectivity index (χ1) is 7.70. The molecular weight excluding hydrogens is 200 g/mol. The average Bonchev–Trinajstić information content (AvgIpc) is 2.62. The molecule has 2 rings (SSSR count). The maximum atomic E-state index is 5.09. The van der Waals surface area contributed by atoms with Crippen LogP contribution >= 0.6 is 0 Å². The maximum absolute atomic E-state index is 5.09. The Bertz CT molecular complexity index is 336. The lowest BCUT2D eigenvalue weighted by molar-refractivity contribution is 0.412. The predicted molar refractivity (Wildman–Crippen MR) is 65.8 cm³/mol. The van der Waals surface area contributed by atoms with Gasteiger partial charge in [-0.15, -0.1) is 0 Å². The Kier molecular flexibility index (Phi) is 3.32. The Hall–Kier alpha value is -1.25. The van der Waals surface area contributed by atoms with Crippen LogP contribution in [0.5, 0.6) is 5.75 Å². The van der Waals surface area contributed by atoms with Crippen molar-refractivity contribution in [3.8, 4) is 5.75 Å². The molecule has 0 radical (unpaired) electrons. The minimum Gasteiger partial charge on any atom is -0.495 e. The van der Waals surface area contributed by atoms with Crippen molar-refractivity contribution in [2.24, 2.45) is 11.8 Å². The Morgan fingerprint density at radius 2 is 2.12 bits per heavy atom. The van der Waals surface area contributed by atoms with Gasteiger partial charge in [-0.05, 0) is 36.8 Å². The van der Waals surface area contributed by atoms with E-state index in [0.29, 0.717) is 6.04 Å². The molecule has 0 spiro atoms. The summed E-state index contributed by atoms with van der Waals surface area (Å²) in [5.41, 5.74) is 0. The van der Waals surface area contributed by atoms with Crippen molar-refractivity contribution in [3.63, 3.8) is 0 Å². The smallest absolute Gasteiger partial charge is 0.137 e. The highest BCUT2D eigenvalue weighted by Crippen LogP contribution is 2.32. The minimum atomic E-state index is 0.566. The second-order valence-electron chi connectivity index (χ2n) is 4.75. The molecule has 0 bridgehead atoms. The zero-order valence-corrected chi connectivity index (χ0v) is 10.2. The van der Waals surface area contributed by atoms with Crippen molar-refractivity contribution < 1.29 is 4.74 Å². The number of rotatable bonds is 3. The number of hydrogen-bond donors (Lipinski definition) is 1. The summed E-state index contributed by atoms with van der Waals surface area (Å²) >= 11 is 0. The molecule has 3 atom stereocenters. The van der Waals surface area contributed by atoms with Gasteiger partial charge in [0.15, 0.2) is 0 Å². The molecule has 1 saturated carbocycles. The second kappa shape index (κ2) is 4.73. The van der Waals surface area contributed by atoms with Crippen LogP contribution < -0.4 is 10.1 Å². The lowest BCUT2D eigenvalue weighted by Crippen LogP contribution is -2.24. The third-order valence-electron chi connectivity index (χ3n) is 3.77. The van der Waals surface area contributed by atoms with E-state index in [0.717, 1.165) is 23.4 Å². The molecule has 1 N–H and O–H groups in total. The quantitative estimate of drug-likeness (QED) is 0.850. The number of nitrogens with one attached hydrogen (secondary N) is 1. The standard InChI is InChI=1S/C13H20N2O/c1-9-4-6-12(10(9)2)15-13-7-5-11(16-3)8-14-13/h5,7-10,12H,4,6H2,1-3H3,(H,14,15). The molecule has 1 aliphatic rings. The fourth-order valence-electron chi connectivity index (χ4n) is 2.34. The van der Waals surface area contributed by atoms with Gasteiger partial charge in [-0.25, -0.2) is 4.98 Å². The zero-order valence-electron chi connectivity index (χ0n) is 10.2. The number of aromatic nitrogens is 1. The second-order valence-corrected chi connectivity index (χ2v) is 4.75. The van der Waals surface area contributed by atoms with Crippen LogP contribution in [-0.4, -0.2) is 18.1 Å². The van der Waals surface area contributed by atoms with E-state index in [1.54, 1.807) is 13.3 Å². The normalized spacial score (nSPS) is 29.1. The lowest BCUT2D eigenvalue weighted by Gasteiger charge is -2.20. The number of pyridine rings is 1. The van der Waals surface area contributed by atoms with Gasteiger partial charge < -0.3 is 10.1 Å². The van der Waals surface area contributed by atoms with Crippen LogP contribution in [0.15, 0.2) is 18.3 Å². The summed E-state index contributed by atoms with van der Waals surface area (Å²) in [5, 5.41) is 3.51. The van der Waals surface area contributed by atoms with Gasteiger partial charge in [0.05, 0.1) is 13.3 Å². The van der Waals surface area contributed by atoms with Gasteiger partial charge in [0.2, 0.25) is 0 Å². The molecule has 1 aromatic rings. The van der Waals surface area contributed by atoms with Crippen LogP contribution in [0.2, 0.25) is 0 Å². The third kappa shape index (κ3) is 2.29. The summed E-state index contributed by atoms with van der Waals surface area (Å²) in [6.07, 6.45) is 4.32. The van der Waals surface area contributed by atoms with Gasteiger partial charge >= 0.3 is 0 Å². The first-order valence-corrected chi connectivity index (χ1v) is 5.97. The van der Waals surface area contributed by atoms with Crippen molar-refractivity contribution in [3.05, 3.63) is 18.3 Å². The molecule has 16 heavy (non-hydrogen) atoms. The van der Waals surface area contributed by atoms with Crippen molar-refractivity contribution in [2.75, 3.05) is 12.4 Å². The van der Waals surface area contributed by atoms with E-state index in [2.05, 4.69) is 24.1 Å². The fraction of sp³-hybridized carbons (Fsp3) is 0.615. The van der Waals surface area contributed by atoms with Crippen LogP contribution in [0.25, 0.3) is 0 Å². The molecule has 1 fully saturated rings. The van der Waals surface area contributed by atoms with Crippen molar-refractivity contribution in [1.82, 2.24) is 4.98 Å². The third-order valence-corrected chi connectivity index (χ3v) is 3.77. The summed E-state index contributed by atoms with van der Waals surface area (Å²) in [4.78, 5) is 4.34. The number of hydrogen-bond acceptors (Lipinski definition) is 3. The summed E-state index contributed by atoms with van der Waals surface area (Å²) in [5.74, 6) is 3.30. The molecule has 3 heteroatoms. The highest BCUT2D eigenvalue weighted by Gasteiger charge is 2.29. The highest BCUT2D eigenvalue weighted by molar-refractivity contribution is 5.38. The van der Waals surface area contributed by atoms with E-state index >= 15 is 0 Å². The molecule has 3 unspecified atom stereocenters. The Balaban J connectivity index is 1.98. The Labute approximate surface area is 97.2 Å².